The molecular weight excluding hydrogens is 362 g/mol. The van der Waals surface area contributed by atoms with Gasteiger partial charge in [-0.1, -0.05) is 12.1 Å². The maximum absolute atomic E-state index is 12.8. The highest BCUT2D eigenvalue weighted by atomic mass is 16.2. The molecule has 9 heteroatoms. The number of nitrogens with zero attached hydrogens (tertiary/aromatic N) is 1. The van der Waals surface area contributed by atoms with Crippen molar-refractivity contribution in [2.45, 2.75) is 44.4 Å². The molecule has 28 heavy (non-hydrogen) atoms. The summed E-state index contributed by atoms with van der Waals surface area (Å²) in [5.74, 6) is -0.935. The largest absolute Gasteiger partial charge is 0.334 e. The van der Waals surface area contributed by atoms with E-state index < -0.39 is 11.9 Å². The van der Waals surface area contributed by atoms with Gasteiger partial charge in [-0.25, -0.2) is 4.79 Å². The number of hydrogen-bond donors (Lipinski definition) is 4. The van der Waals surface area contributed by atoms with E-state index in [1.165, 1.54) is 4.90 Å². The van der Waals surface area contributed by atoms with Crippen LogP contribution in [0.5, 0.6) is 0 Å². The number of fused-ring (bicyclic) bond motifs is 1. The van der Waals surface area contributed by atoms with E-state index >= 15 is 0 Å². The predicted octanol–water partition coefficient (Wildman–Crippen LogP) is 0.593. The smallest absolute Gasteiger partial charge is 0.315 e. The zero-order valence-electron chi connectivity index (χ0n) is 15.4. The van der Waals surface area contributed by atoms with Crippen molar-refractivity contribution in [2.75, 3.05) is 13.1 Å². The summed E-state index contributed by atoms with van der Waals surface area (Å²) in [6.07, 6.45) is 1.49. The summed E-state index contributed by atoms with van der Waals surface area (Å²) in [4.78, 5) is 49.7. The maximum atomic E-state index is 12.8. The summed E-state index contributed by atoms with van der Waals surface area (Å²) in [6.45, 7) is 2.34. The molecule has 3 aliphatic heterocycles. The molecule has 9 nitrogen and oxygen atoms in total. The molecule has 2 fully saturated rings. The zero-order chi connectivity index (χ0) is 19.7. The van der Waals surface area contributed by atoms with Crippen molar-refractivity contribution in [3.05, 3.63) is 34.9 Å². The summed E-state index contributed by atoms with van der Waals surface area (Å²) in [5, 5.41) is 11.2. The van der Waals surface area contributed by atoms with Gasteiger partial charge in [0.15, 0.2) is 0 Å². The summed E-state index contributed by atoms with van der Waals surface area (Å²) in [7, 11) is 0. The molecule has 0 bridgehead atoms. The van der Waals surface area contributed by atoms with Crippen molar-refractivity contribution >= 4 is 23.8 Å². The molecule has 5 amide bonds. The monoisotopic (exact) mass is 393 g/mol. The van der Waals surface area contributed by atoms with Crippen molar-refractivity contribution in [2.24, 2.45) is 0 Å². The first-order chi connectivity index (χ1) is 13.5. The first kappa shape index (κ1) is 18.4. The minimum atomic E-state index is -0.620. The van der Waals surface area contributed by atoms with Gasteiger partial charge in [0.05, 0.1) is 0 Å². The summed E-state index contributed by atoms with van der Waals surface area (Å²) < 4.78 is 0. The first-order valence-corrected chi connectivity index (χ1v) is 9.53. The van der Waals surface area contributed by atoms with Gasteiger partial charge in [-0.2, -0.15) is 0 Å². The van der Waals surface area contributed by atoms with E-state index in [-0.39, 0.29) is 36.0 Å². The van der Waals surface area contributed by atoms with Gasteiger partial charge in [0.2, 0.25) is 11.8 Å². The molecule has 3 aliphatic rings. The number of urea groups is 1. The van der Waals surface area contributed by atoms with Crippen LogP contribution < -0.4 is 21.3 Å². The Hall–Kier alpha value is -2.94. The number of carbonyl (C=O) groups is 4. The lowest BCUT2D eigenvalue weighted by Crippen LogP contribution is -2.52. The average Bonchev–Trinajstić information content (AvgIpc) is 3.28. The van der Waals surface area contributed by atoms with Crippen molar-refractivity contribution in [3.8, 4) is 0 Å². The van der Waals surface area contributed by atoms with E-state index in [1.54, 1.807) is 6.07 Å². The Bertz CT molecular complexity index is 851. The Morgan fingerprint density at radius 1 is 1.25 bits per heavy atom. The molecule has 156 valence electrons. The Labute approximate surface area is 168 Å². The number of rotatable bonds is 4. The number of piperidine rings is 1. The molecule has 2 atom stereocenters. The summed E-state index contributed by atoms with van der Waals surface area (Å²) >= 11 is 0. The molecule has 0 spiro atoms. The Morgan fingerprint density at radius 3 is 2.86 bits per heavy atom. The number of hydrogen-bond acceptors (Lipinski definition) is 5. The highest BCUT2D eigenvalue weighted by Crippen LogP contribution is 2.28. The predicted molar refractivity (Wildman–Crippen MR) is 108 cm³/mol. The Balaban J connectivity index is 0.00000240. The SMILES string of the molecule is O=C1CCC(N2Cc3ccc(CNC(=O)NC4CCNC4)cc3C2=O)C(=O)N1.[HH].[HH].[HH].[HH]. The van der Waals surface area contributed by atoms with Crippen molar-refractivity contribution < 1.29 is 24.9 Å². The molecule has 4 N–H and O–H groups in total. The first-order valence-electron chi connectivity index (χ1n) is 9.53. The summed E-state index contributed by atoms with van der Waals surface area (Å²) in [5.41, 5.74) is 2.21. The highest BCUT2D eigenvalue weighted by molar-refractivity contribution is 6.05. The summed E-state index contributed by atoms with van der Waals surface area (Å²) in [6, 6.07) is 4.78. The lowest BCUT2D eigenvalue weighted by molar-refractivity contribution is -0.136. The van der Waals surface area contributed by atoms with Crippen LogP contribution in [-0.4, -0.2) is 53.8 Å². The maximum Gasteiger partial charge on any atom is 0.315 e. The molecule has 0 saturated carbocycles. The van der Waals surface area contributed by atoms with Crippen LogP contribution in [0.4, 0.5) is 4.79 Å². The fourth-order valence-corrected chi connectivity index (χ4v) is 3.91. The van der Waals surface area contributed by atoms with Gasteiger partial charge in [0.1, 0.15) is 6.04 Å². The van der Waals surface area contributed by atoms with E-state index in [0.29, 0.717) is 25.1 Å². The van der Waals surface area contributed by atoms with Crippen molar-refractivity contribution in [1.82, 2.24) is 26.2 Å². The second kappa shape index (κ2) is 7.59. The van der Waals surface area contributed by atoms with Gasteiger partial charge in [-0.05, 0) is 36.6 Å². The molecule has 0 aromatic heterocycles. The van der Waals surface area contributed by atoms with Gasteiger partial charge >= 0.3 is 6.03 Å². The van der Waals surface area contributed by atoms with Crippen LogP contribution in [0.3, 0.4) is 0 Å². The highest BCUT2D eigenvalue weighted by Gasteiger charge is 2.39. The number of benzene rings is 1. The molecule has 1 aromatic rings. The minimum Gasteiger partial charge on any atom is -0.334 e. The quantitative estimate of drug-likeness (QED) is 0.558. The Kier molecular flexibility index (Phi) is 4.99. The Morgan fingerprint density at radius 2 is 2.11 bits per heavy atom. The fourth-order valence-electron chi connectivity index (χ4n) is 3.91. The van der Waals surface area contributed by atoms with Crippen LogP contribution in [0.25, 0.3) is 0 Å². The van der Waals surface area contributed by atoms with E-state index in [0.717, 1.165) is 30.6 Å². The molecule has 2 saturated heterocycles. The lowest BCUT2D eigenvalue weighted by Gasteiger charge is -2.29. The van der Waals surface area contributed by atoms with E-state index in [1.807, 2.05) is 12.1 Å². The third kappa shape index (κ3) is 3.70. The lowest BCUT2D eigenvalue weighted by atomic mass is 10.0. The number of carbonyl (C=O) groups excluding carboxylic acids is 4. The average molecular weight is 393 g/mol. The third-order valence-electron chi connectivity index (χ3n) is 5.44. The molecule has 0 aliphatic carbocycles. The minimum absolute atomic E-state index is 0. The third-order valence-corrected chi connectivity index (χ3v) is 5.44. The van der Waals surface area contributed by atoms with Crippen molar-refractivity contribution in [1.29, 1.82) is 0 Å². The van der Waals surface area contributed by atoms with Crippen LogP contribution in [0.2, 0.25) is 0 Å². The molecule has 4 rings (SSSR count). The number of nitrogens with one attached hydrogen (secondary N) is 4. The van der Waals surface area contributed by atoms with Crippen LogP contribution in [0.1, 0.15) is 46.5 Å². The topological polar surface area (TPSA) is 120 Å². The standard InChI is InChI=1S/C19H23N5O4.4H2/c25-16-4-3-15(17(26)23-16)24-10-12-2-1-11(7-14(12)18(24)27)8-21-19(28)22-13-5-6-20-9-13;;;;/h1-2,7,13,15,20H,3-6,8-10H2,(H2,21,22,28)(H,23,25,26);4*1H. The van der Waals surface area contributed by atoms with Crippen LogP contribution in [0.15, 0.2) is 18.2 Å². The number of amides is 5. The van der Waals surface area contributed by atoms with Gasteiger partial charge in [-0.15, -0.1) is 0 Å². The molecular formula is C19H31N5O4. The van der Waals surface area contributed by atoms with Gasteiger partial charge in [0, 0.05) is 43.4 Å². The van der Waals surface area contributed by atoms with E-state index in [4.69, 9.17) is 0 Å². The fraction of sp³-hybridized carbons (Fsp3) is 0.474. The van der Waals surface area contributed by atoms with Crippen LogP contribution in [-0.2, 0) is 22.7 Å². The van der Waals surface area contributed by atoms with E-state index in [2.05, 4.69) is 21.3 Å². The van der Waals surface area contributed by atoms with Crippen LogP contribution >= 0.6 is 0 Å². The molecule has 0 radical (unpaired) electrons. The normalized spacial score (nSPS) is 24.1. The molecule has 2 unspecified atom stereocenters. The molecule has 3 heterocycles. The second-order valence-electron chi connectivity index (χ2n) is 7.41. The van der Waals surface area contributed by atoms with E-state index in [9.17, 15) is 19.2 Å². The molecule has 1 aromatic carbocycles. The second-order valence-corrected chi connectivity index (χ2v) is 7.41. The zero-order valence-corrected chi connectivity index (χ0v) is 15.4. The van der Waals surface area contributed by atoms with Crippen LogP contribution in [0, 0.1) is 0 Å². The van der Waals surface area contributed by atoms with Gasteiger partial charge < -0.3 is 20.9 Å². The number of imide groups is 1. The van der Waals surface area contributed by atoms with Gasteiger partial charge in [-0.3, -0.25) is 19.7 Å². The van der Waals surface area contributed by atoms with Crippen molar-refractivity contribution in [3.63, 3.8) is 0 Å². The van der Waals surface area contributed by atoms with Gasteiger partial charge in [0.25, 0.3) is 5.91 Å².